The van der Waals surface area contributed by atoms with Crippen LogP contribution in [0.1, 0.15) is 18.4 Å². The van der Waals surface area contributed by atoms with Crippen LogP contribution in [0.3, 0.4) is 0 Å². The summed E-state index contributed by atoms with van der Waals surface area (Å²) in [5.41, 5.74) is 0.379. The van der Waals surface area contributed by atoms with Crippen molar-refractivity contribution in [3.8, 4) is 0 Å². The van der Waals surface area contributed by atoms with Gasteiger partial charge in [-0.2, -0.15) is 8.78 Å². The summed E-state index contributed by atoms with van der Waals surface area (Å²) in [6.07, 6.45) is 2.37. The molecule has 1 aromatic rings. The molecule has 1 fully saturated rings. The fourth-order valence-corrected chi connectivity index (χ4v) is 3.28. The first-order chi connectivity index (χ1) is 8.43. The summed E-state index contributed by atoms with van der Waals surface area (Å²) in [5, 5.41) is -0.181. The standard InChI is InChI=1S/C12H13ClF2O2S/c13-10(8-5-6-8)7-9-3-1-2-4-11(9)18(16,17)12(14)15/h1-4,8,10,12H,5-7H2. The smallest absolute Gasteiger partial charge is 0.218 e. The Morgan fingerprint density at radius 2 is 1.89 bits per heavy atom. The van der Waals surface area contributed by atoms with Crippen molar-refractivity contribution in [2.75, 3.05) is 0 Å². The molecule has 100 valence electrons. The number of benzene rings is 1. The second-order valence-corrected chi connectivity index (χ2v) is 6.92. The molecule has 1 aliphatic rings. The highest BCUT2D eigenvalue weighted by molar-refractivity contribution is 7.91. The van der Waals surface area contributed by atoms with E-state index in [-0.39, 0.29) is 10.3 Å². The summed E-state index contributed by atoms with van der Waals surface area (Å²) in [6, 6.07) is 5.84. The van der Waals surface area contributed by atoms with E-state index in [1.807, 2.05) is 0 Å². The summed E-state index contributed by atoms with van der Waals surface area (Å²) in [6.45, 7) is 0. The van der Waals surface area contributed by atoms with Crippen LogP contribution in [-0.4, -0.2) is 19.6 Å². The van der Waals surface area contributed by atoms with E-state index >= 15 is 0 Å². The predicted molar refractivity (Wildman–Crippen MR) is 65.7 cm³/mol. The van der Waals surface area contributed by atoms with Gasteiger partial charge in [0.25, 0.3) is 0 Å². The van der Waals surface area contributed by atoms with Crippen LogP contribution < -0.4 is 0 Å². The molecule has 0 aromatic heterocycles. The summed E-state index contributed by atoms with van der Waals surface area (Å²) in [5.74, 6) is -3.01. The molecule has 0 heterocycles. The number of hydrogen-bond donors (Lipinski definition) is 0. The fourth-order valence-electron chi connectivity index (χ4n) is 1.88. The van der Waals surface area contributed by atoms with Gasteiger partial charge in [0.2, 0.25) is 9.84 Å². The molecular weight excluding hydrogens is 282 g/mol. The van der Waals surface area contributed by atoms with Crippen molar-refractivity contribution >= 4 is 21.4 Å². The van der Waals surface area contributed by atoms with Crippen molar-refractivity contribution in [2.45, 2.75) is 35.3 Å². The lowest BCUT2D eigenvalue weighted by Crippen LogP contribution is -2.16. The molecule has 0 aliphatic heterocycles. The fraction of sp³-hybridized carbons (Fsp3) is 0.500. The molecule has 2 rings (SSSR count). The van der Waals surface area contributed by atoms with Crippen molar-refractivity contribution in [1.29, 1.82) is 0 Å². The molecule has 1 saturated carbocycles. The molecule has 18 heavy (non-hydrogen) atoms. The van der Waals surface area contributed by atoms with E-state index in [1.54, 1.807) is 12.1 Å². The number of alkyl halides is 3. The predicted octanol–water partition coefficient (Wildman–Crippen LogP) is 3.24. The second-order valence-electron chi connectivity index (χ2n) is 4.47. The Morgan fingerprint density at radius 3 is 2.44 bits per heavy atom. The molecule has 0 spiro atoms. The quantitative estimate of drug-likeness (QED) is 0.781. The van der Waals surface area contributed by atoms with Crippen LogP contribution in [-0.2, 0) is 16.3 Å². The zero-order valence-corrected chi connectivity index (χ0v) is 11.1. The van der Waals surface area contributed by atoms with Crippen LogP contribution in [0.15, 0.2) is 29.2 Å². The van der Waals surface area contributed by atoms with E-state index in [4.69, 9.17) is 11.6 Å². The van der Waals surface area contributed by atoms with Gasteiger partial charge in [-0.1, -0.05) is 18.2 Å². The third kappa shape index (κ3) is 2.83. The third-order valence-corrected chi connectivity index (χ3v) is 5.05. The molecule has 1 aromatic carbocycles. The Kier molecular flexibility index (Phi) is 3.92. The SMILES string of the molecule is O=S(=O)(c1ccccc1CC(Cl)C1CC1)C(F)F. The molecule has 0 amide bonds. The first-order valence-corrected chi connectivity index (χ1v) is 7.65. The molecule has 0 bridgehead atoms. The van der Waals surface area contributed by atoms with E-state index in [1.165, 1.54) is 12.1 Å². The minimum absolute atomic E-state index is 0.181. The van der Waals surface area contributed by atoms with Crippen LogP contribution in [0, 0.1) is 5.92 Å². The lowest BCUT2D eigenvalue weighted by Gasteiger charge is -2.12. The molecule has 1 atom stereocenters. The van der Waals surface area contributed by atoms with Crippen LogP contribution >= 0.6 is 11.6 Å². The highest BCUT2D eigenvalue weighted by Gasteiger charge is 2.33. The highest BCUT2D eigenvalue weighted by Crippen LogP contribution is 2.38. The Labute approximate surface area is 110 Å². The lowest BCUT2D eigenvalue weighted by molar-refractivity contribution is 0.234. The molecule has 0 radical (unpaired) electrons. The third-order valence-electron chi connectivity index (χ3n) is 3.06. The van der Waals surface area contributed by atoms with E-state index in [9.17, 15) is 17.2 Å². The normalized spacial score (nSPS) is 18.0. The molecule has 1 aliphatic carbocycles. The van der Waals surface area contributed by atoms with Crippen molar-refractivity contribution in [2.24, 2.45) is 5.92 Å². The summed E-state index contributed by atoms with van der Waals surface area (Å²) in [4.78, 5) is -0.300. The Morgan fingerprint density at radius 1 is 1.28 bits per heavy atom. The molecule has 2 nitrogen and oxygen atoms in total. The van der Waals surface area contributed by atoms with Gasteiger partial charge in [-0.05, 0) is 36.8 Å². The van der Waals surface area contributed by atoms with Crippen LogP contribution in [0.25, 0.3) is 0 Å². The van der Waals surface area contributed by atoms with Gasteiger partial charge in [-0.3, -0.25) is 0 Å². The van der Waals surface area contributed by atoms with Crippen molar-refractivity contribution in [3.05, 3.63) is 29.8 Å². The van der Waals surface area contributed by atoms with E-state index in [0.717, 1.165) is 12.8 Å². The Balaban J connectivity index is 2.30. The average molecular weight is 295 g/mol. The minimum Gasteiger partial charge on any atom is -0.218 e. The van der Waals surface area contributed by atoms with E-state index in [2.05, 4.69) is 0 Å². The van der Waals surface area contributed by atoms with Gasteiger partial charge in [-0.15, -0.1) is 11.6 Å². The topological polar surface area (TPSA) is 34.1 Å². The molecular formula is C12H13ClF2O2S. The summed E-state index contributed by atoms with van der Waals surface area (Å²) < 4.78 is 48.2. The van der Waals surface area contributed by atoms with Crippen molar-refractivity contribution in [3.63, 3.8) is 0 Å². The maximum Gasteiger partial charge on any atom is 0.341 e. The first kappa shape index (κ1) is 13.7. The van der Waals surface area contributed by atoms with Gasteiger partial charge in [0, 0.05) is 5.38 Å². The van der Waals surface area contributed by atoms with Crippen LogP contribution in [0.5, 0.6) is 0 Å². The average Bonchev–Trinajstić information content (AvgIpc) is 3.13. The molecule has 0 saturated heterocycles. The molecule has 1 unspecified atom stereocenters. The minimum atomic E-state index is -4.55. The van der Waals surface area contributed by atoms with Crippen LogP contribution in [0.2, 0.25) is 0 Å². The largest absolute Gasteiger partial charge is 0.341 e. The Hall–Kier alpha value is -0.680. The van der Waals surface area contributed by atoms with Gasteiger partial charge in [0.15, 0.2) is 0 Å². The van der Waals surface area contributed by atoms with Gasteiger partial charge in [0.1, 0.15) is 0 Å². The summed E-state index contributed by atoms with van der Waals surface area (Å²) >= 11 is 6.13. The van der Waals surface area contributed by atoms with E-state index < -0.39 is 15.6 Å². The van der Waals surface area contributed by atoms with Gasteiger partial charge < -0.3 is 0 Å². The second kappa shape index (κ2) is 5.13. The zero-order valence-electron chi connectivity index (χ0n) is 9.52. The number of sulfone groups is 1. The van der Waals surface area contributed by atoms with Crippen LogP contribution in [0.4, 0.5) is 8.78 Å². The van der Waals surface area contributed by atoms with Crippen molar-refractivity contribution in [1.82, 2.24) is 0 Å². The maximum atomic E-state index is 12.6. The monoisotopic (exact) mass is 294 g/mol. The van der Waals surface area contributed by atoms with Gasteiger partial charge in [0.05, 0.1) is 4.90 Å². The summed E-state index contributed by atoms with van der Waals surface area (Å²) in [7, 11) is -4.55. The molecule has 0 N–H and O–H groups in total. The maximum absolute atomic E-state index is 12.6. The lowest BCUT2D eigenvalue weighted by atomic mass is 10.1. The van der Waals surface area contributed by atoms with Gasteiger partial charge in [-0.25, -0.2) is 8.42 Å². The Bertz CT molecular complexity index is 527. The highest BCUT2D eigenvalue weighted by atomic mass is 35.5. The van der Waals surface area contributed by atoms with Crippen molar-refractivity contribution < 1.29 is 17.2 Å². The number of hydrogen-bond acceptors (Lipinski definition) is 2. The molecule has 6 heteroatoms. The van der Waals surface area contributed by atoms with Gasteiger partial charge >= 0.3 is 5.76 Å². The van der Waals surface area contributed by atoms with E-state index in [0.29, 0.717) is 17.9 Å². The zero-order chi connectivity index (χ0) is 13.3. The number of rotatable bonds is 5. The number of halogens is 3. The first-order valence-electron chi connectivity index (χ1n) is 5.67.